The summed E-state index contributed by atoms with van der Waals surface area (Å²) in [5.41, 5.74) is 9.87. The van der Waals surface area contributed by atoms with Crippen LogP contribution in [0.1, 0.15) is 52.9 Å². The maximum absolute atomic E-state index is 13.2. The summed E-state index contributed by atoms with van der Waals surface area (Å²) in [6, 6.07) is 14.9. The van der Waals surface area contributed by atoms with Crippen molar-refractivity contribution in [2.24, 2.45) is 5.73 Å². The lowest BCUT2D eigenvalue weighted by Gasteiger charge is -2.29. The third-order valence-electron chi connectivity index (χ3n) is 5.98. The fraction of sp³-hybridized carbons (Fsp3) is 0.348. The smallest absolute Gasteiger partial charge is 0.255 e. The standard InChI is InChI=1S/C23H26N4O3/c1-14(21(24)15-6-3-2-4-7-15)25-12-16-8-5-9-17-13-27(23(30)20(16)17)18-10-11-19(28)26-22(18)29/h2-9,14,18,21,25H,10-13,24H2,1H3,(H,26,28,29). The third kappa shape index (κ3) is 3.86. The first kappa shape index (κ1) is 20.3. The average molecular weight is 406 g/mol. The monoisotopic (exact) mass is 406 g/mol. The van der Waals surface area contributed by atoms with Gasteiger partial charge >= 0.3 is 0 Å². The number of amides is 3. The number of carbonyl (C=O) groups excluding carboxylic acids is 3. The van der Waals surface area contributed by atoms with Gasteiger partial charge in [0.15, 0.2) is 0 Å². The van der Waals surface area contributed by atoms with Crippen molar-refractivity contribution in [3.05, 3.63) is 70.8 Å². The zero-order chi connectivity index (χ0) is 21.3. The highest BCUT2D eigenvalue weighted by Crippen LogP contribution is 2.30. The maximum Gasteiger partial charge on any atom is 0.255 e. The molecule has 2 heterocycles. The zero-order valence-corrected chi connectivity index (χ0v) is 16.9. The number of carbonyl (C=O) groups is 3. The molecule has 3 amide bonds. The van der Waals surface area contributed by atoms with Crippen LogP contribution in [0.2, 0.25) is 0 Å². The number of piperidine rings is 1. The van der Waals surface area contributed by atoms with E-state index in [2.05, 4.69) is 10.6 Å². The Labute approximate surface area is 175 Å². The van der Waals surface area contributed by atoms with Crippen LogP contribution < -0.4 is 16.4 Å². The SMILES string of the molecule is CC(NCc1cccc2c1C(=O)N(C1CCC(=O)NC1=O)C2)C(N)c1ccccc1. The molecule has 7 nitrogen and oxygen atoms in total. The number of hydrogen-bond acceptors (Lipinski definition) is 5. The molecule has 7 heteroatoms. The van der Waals surface area contributed by atoms with Gasteiger partial charge in [-0.05, 0) is 30.0 Å². The van der Waals surface area contributed by atoms with Crippen molar-refractivity contribution in [2.75, 3.05) is 0 Å². The predicted octanol–water partition coefficient (Wildman–Crippen LogP) is 1.63. The molecular formula is C23H26N4O3. The van der Waals surface area contributed by atoms with Crippen molar-refractivity contribution in [1.29, 1.82) is 0 Å². The highest BCUT2D eigenvalue weighted by Gasteiger charge is 2.39. The quantitative estimate of drug-likeness (QED) is 0.633. The summed E-state index contributed by atoms with van der Waals surface area (Å²) < 4.78 is 0. The molecule has 30 heavy (non-hydrogen) atoms. The van der Waals surface area contributed by atoms with Crippen LogP contribution in [0.3, 0.4) is 0 Å². The Morgan fingerprint density at radius 2 is 1.90 bits per heavy atom. The van der Waals surface area contributed by atoms with Crippen LogP contribution in [-0.2, 0) is 22.7 Å². The van der Waals surface area contributed by atoms with Gasteiger partial charge < -0.3 is 16.0 Å². The molecular weight excluding hydrogens is 380 g/mol. The van der Waals surface area contributed by atoms with E-state index >= 15 is 0 Å². The van der Waals surface area contributed by atoms with Crippen molar-refractivity contribution in [3.8, 4) is 0 Å². The van der Waals surface area contributed by atoms with Crippen LogP contribution in [0, 0.1) is 0 Å². The van der Waals surface area contributed by atoms with E-state index in [1.54, 1.807) is 4.90 Å². The van der Waals surface area contributed by atoms with Gasteiger partial charge in [-0.3, -0.25) is 19.7 Å². The molecule has 3 unspecified atom stereocenters. The Morgan fingerprint density at radius 3 is 2.63 bits per heavy atom. The molecule has 1 saturated heterocycles. The van der Waals surface area contributed by atoms with E-state index in [1.807, 2.05) is 55.5 Å². The fourth-order valence-corrected chi connectivity index (χ4v) is 4.20. The second kappa shape index (κ2) is 8.38. The van der Waals surface area contributed by atoms with Crippen LogP contribution in [0.4, 0.5) is 0 Å². The van der Waals surface area contributed by atoms with E-state index in [0.717, 1.165) is 16.7 Å². The molecule has 0 bridgehead atoms. The summed E-state index contributed by atoms with van der Waals surface area (Å²) in [5.74, 6) is -0.833. The molecule has 4 rings (SSSR count). The normalized spacial score (nSPS) is 20.7. The van der Waals surface area contributed by atoms with Crippen molar-refractivity contribution in [1.82, 2.24) is 15.5 Å². The van der Waals surface area contributed by atoms with Gasteiger partial charge in [0.25, 0.3) is 5.91 Å². The van der Waals surface area contributed by atoms with Crippen LogP contribution in [-0.4, -0.2) is 34.7 Å². The van der Waals surface area contributed by atoms with E-state index in [1.165, 1.54) is 0 Å². The first-order valence-corrected chi connectivity index (χ1v) is 10.2. The maximum atomic E-state index is 13.2. The predicted molar refractivity (Wildman–Crippen MR) is 112 cm³/mol. The van der Waals surface area contributed by atoms with Gasteiger partial charge in [-0.2, -0.15) is 0 Å². The molecule has 2 aromatic carbocycles. The Kier molecular flexibility index (Phi) is 5.65. The third-order valence-corrected chi connectivity index (χ3v) is 5.98. The lowest BCUT2D eigenvalue weighted by molar-refractivity contribution is -0.136. The summed E-state index contributed by atoms with van der Waals surface area (Å²) in [5, 5.41) is 5.78. The van der Waals surface area contributed by atoms with Crippen LogP contribution >= 0.6 is 0 Å². The van der Waals surface area contributed by atoms with Gasteiger partial charge in [0.2, 0.25) is 11.8 Å². The van der Waals surface area contributed by atoms with Crippen molar-refractivity contribution < 1.29 is 14.4 Å². The summed E-state index contributed by atoms with van der Waals surface area (Å²) in [7, 11) is 0. The number of benzene rings is 2. The van der Waals surface area contributed by atoms with Crippen molar-refractivity contribution in [3.63, 3.8) is 0 Å². The van der Waals surface area contributed by atoms with Crippen LogP contribution in [0.15, 0.2) is 48.5 Å². The molecule has 2 aliphatic heterocycles. The second-order valence-corrected chi connectivity index (χ2v) is 7.96. The molecule has 0 aliphatic carbocycles. The zero-order valence-electron chi connectivity index (χ0n) is 16.9. The van der Waals surface area contributed by atoms with Crippen molar-refractivity contribution >= 4 is 17.7 Å². The first-order valence-electron chi connectivity index (χ1n) is 10.2. The minimum absolute atomic E-state index is 0.00555. The van der Waals surface area contributed by atoms with E-state index in [-0.39, 0.29) is 30.3 Å². The molecule has 1 fully saturated rings. The molecule has 156 valence electrons. The van der Waals surface area contributed by atoms with E-state index in [4.69, 9.17) is 5.73 Å². The minimum Gasteiger partial charge on any atom is -0.323 e. The summed E-state index contributed by atoms with van der Waals surface area (Å²) in [4.78, 5) is 38.4. The number of rotatable bonds is 6. The second-order valence-electron chi connectivity index (χ2n) is 7.96. The highest BCUT2D eigenvalue weighted by molar-refractivity contribution is 6.05. The largest absolute Gasteiger partial charge is 0.323 e. The van der Waals surface area contributed by atoms with Gasteiger partial charge in [0.05, 0.1) is 0 Å². The first-order chi connectivity index (χ1) is 14.5. The minimum atomic E-state index is -0.603. The Hall–Kier alpha value is -3.03. The summed E-state index contributed by atoms with van der Waals surface area (Å²) in [6.07, 6.45) is 0.612. The molecule has 0 aromatic heterocycles. The molecule has 3 atom stereocenters. The number of fused-ring (bicyclic) bond motifs is 1. The number of imide groups is 1. The fourth-order valence-electron chi connectivity index (χ4n) is 4.20. The van der Waals surface area contributed by atoms with E-state index in [0.29, 0.717) is 25.1 Å². The van der Waals surface area contributed by atoms with Crippen LogP contribution in [0.25, 0.3) is 0 Å². The van der Waals surface area contributed by atoms with Crippen molar-refractivity contribution in [2.45, 2.75) is 51.0 Å². The average Bonchev–Trinajstić information content (AvgIpc) is 3.09. The topological polar surface area (TPSA) is 105 Å². The lowest BCUT2D eigenvalue weighted by atomic mass is 10.00. The number of nitrogens with one attached hydrogen (secondary N) is 2. The Balaban J connectivity index is 1.47. The van der Waals surface area contributed by atoms with E-state index in [9.17, 15) is 14.4 Å². The van der Waals surface area contributed by atoms with Gasteiger partial charge in [-0.15, -0.1) is 0 Å². The summed E-state index contributed by atoms with van der Waals surface area (Å²) in [6.45, 7) is 2.91. The molecule has 2 aliphatic rings. The molecule has 2 aromatic rings. The molecule has 0 radical (unpaired) electrons. The Morgan fingerprint density at radius 1 is 1.13 bits per heavy atom. The van der Waals surface area contributed by atoms with Gasteiger partial charge in [0, 0.05) is 37.2 Å². The van der Waals surface area contributed by atoms with E-state index < -0.39 is 11.9 Å². The van der Waals surface area contributed by atoms with Gasteiger partial charge in [0.1, 0.15) is 6.04 Å². The number of hydrogen-bond donors (Lipinski definition) is 3. The number of nitrogens with two attached hydrogens (primary N) is 1. The summed E-state index contributed by atoms with van der Waals surface area (Å²) >= 11 is 0. The molecule has 0 spiro atoms. The Bertz CT molecular complexity index is 976. The lowest BCUT2D eigenvalue weighted by Crippen LogP contribution is -2.52. The molecule has 4 N–H and O–H groups in total. The number of nitrogens with zero attached hydrogens (tertiary/aromatic N) is 1. The van der Waals surface area contributed by atoms with Gasteiger partial charge in [-0.25, -0.2) is 0 Å². The van der Waals surface area contributed by atoms with Crippen LogP contribution in [0.5, 0.6) is 0 Å². The highest BCUT2D eigenvalue weighted by atomic mass is 16.2. The molecule has 0 saturated carbocycles. The van der Waals surface area contributed by atoms with Gasteiger partial charge in [-0.1, -0.05) is 48.5 Å².